The molecular weight excluding hydrogens is 268 g/mol. The summed E-state index contributed by atoms with van der Waals surface area (Å²) in [6.45, 7) is 9.49. The molecule has 0 radical (unpaired) electrons. The van der Waals surface area contributed by atoms with E-state index < -0.39 is 5.60 Å². The maximum absolute atomic E-state index is 11.8. The van der Waals surface area contributed by atoms with Gasteiger partial charge < -0.3 is 9.47 Å². The Bertz CT molecular complexity index is 559. The third-order valence-electron chi connectivity index (χ3n) is 5.39. The van der Waals surface area contributed by atoms with Gasteiger partial charge >= 0.3 is 11.9 Å². The van der Waals surface area contributed by atoms with Crippen LogP contribution >= 0.6 is 0 Å². The molecule has 1 aliphatic heterocycles. The van der Waals surface area contributed by atoms with Crippen LogP contribution in [0.15, 0.2) is 23.3 Å². The van der Waals surface area contributed by atoms with Crippen LogP contribution in [0.3, 0.4) is 0 Å². The van der Waals surface area contributed by atoms with Crippen molar-refractivity contribution in [2.75, 3.05) is 0 Å². The second kappa shape index (κ2) is 4.72. The van der Waals surface area contributed by atoms with Crippen molar-refractivity contribution in [1.82, 2.24) is 0 Å². The van der Waals surface area contributed by atoms with Crippen molar-refractivity contribution in [2.45, 2.75) is 58.2 Å². The van der Waals surface area contributed by atoms with Gasteiger partial charge in [0, 0.05) is 30.8 Å². The van der Waals surface area contributed by atoms with E-state index in [2.05, 4.69) is 13.5 Å². The molecule has 3 rings (SSSR count). The first-order valence-corrected chi connectivity index (χ1v) is 7.59. The second-order valence-electron chi connectivity index (χ2n) is 6.78. The van der Waals surface area contributed by atoms with Crippen LogP contribution in [-0.4, -0.2) is 23.6 Å². The SMILES string of the molecule is C=C1C(=O)O[C@@H]2CC(C)=C3CC[C@@](C)(OC(C)=O)[C@@H]3C[C@H]12. The Morgan fingerprint density at radius 2 is 2.19 bits per heavy atom. The molecule has 114 valence electrons. The van der Waals surface area contributed by atoms with Gasteiger partial charge in [-0.15, -0.1) is 0 Å². The summed E-state index contributed by atoms with van der Waals surface area (Å²) >= 11 is 0. The fourth-order valence-corrected chi connectivity index (χ4v) is 4.29. The van der Waals surface area contributed by atoms with Crippen LogP contribution in [0, 0.1) is 11.8 Å². The Morgan fingerprint density at radius 3 is 2.86 bits per heavy atom. The minimum absolute atomic E-state index is 0.0444. The monoisotopic (exact) mass is 290 g/mol. The summed E-state index contributed by atoms with van der Waals surface area (Å²) in [5.41, 5.74) is 2.78. The number of fused-ring (bicyclic) bond motifs is 2. The van der Waals surface area contributed by atoms with Crippen LogP contribution < -0.4 is 0 Å². The van der Waals surface area contributed by atoms with Crippen molar-refractivity contribution in [2.24, 2.45) is 11.8 Å². The maximum atomic E-state index is 11.8. The fourth-order valence-electron chi connectivity index (χ4n) is 4.29. The molecule has 0 bridgehead atoms. The smallest absolute Gasteiger partial charge is 0.334 e. The molecule has 0 amide bonds. The van der Waals surface area contributed by atoms with E-state index in [9.17, 15) is 9.59 Å². The lowest BCUT2D eigenvalue weighted by atomic mass is 9.80. The third kappa shape index (κ3) is 2.21. The molecule has 2 fully saturated rings. The first-order chi connectivity index (χ1) is 9.82. The van der Waals surface area contributed by atoms with Gasteiger partial charge in [-0.1, -0.05) is 17.7 Å². The van der Waals surface area contributed by atoms with Crippen LogP contribution in [0.5, 0.6) is 0 Å². The molecule has 4 atom stereocenters. The lowest BCUT2D eigenvalue weighted by Gasteiger charge is -2.32. The van der Waals surface area contributed by atoms with Crippen LogP contribution in [-0.2, 0) is 19.1 Å². The molecular formula is C17H22O4. The Kier molecular flexibility index (Phi) is 3.23. The summed E-state index contributed by atoms with van der Waals surface area (Å²) in [7, 11) is 0. The largest absolute Gasteiger partial charge is 0.459 e. The van der Waals surface area contributed by atoms with Crippen molar-refractivity contribution < 1.29 is 19.1 Å². The highest BCUT2D eigenvalue weighted by molar-refractivity contribution is 5.90. The molecule has 0 aromatic carbocycles. The lowest BCUT2D eigenvalue weighted by molar-refractivity contribution is -0.158. The van der Waals surface area contributed by atoms with E-state index in [4.69, 9.17) is 9.47 Å². The Hall–Kier alpha value is -1.58. The summed E-state index contributed by atoms with van der Waals surface area (Å²) in [5.74, 6) is -0.297. The van der Waals surface area contributed by atoms with E-state index in [1.807, 2.05) is 6.92 Å². The molecule has 2 aliphatic carbocycles. The van der Waals surface area contributed by atoms with Crippen LogP contribution in [0.2, 0.25) is 0 Å². The zero-order valence-corrected chi connectivity index (χ0v) is 12.9. The van der Waals surface area contributed by atoms with E-state index in [1.54, 1.807) is 0 Å². The molecule has 1 saturated heterocycles. The molecule has 1 heterocycles. The Morgan fingerprint density at radius 1 is 1.48 bits per heavy atom. The van der Waals surface area contributed by atoms with E-state index in [0.29, 0.717) is 5.57 Å². The molecule has 0 spiro atoms. The zero-order valence-electron chi connectivity index (χ0n) is 12.9. The third-order valence-corrected chi connectivity index (χ3v) is 5.39. The average Bonchev–Trinajstić information content (AvgIpc) is 2.76. The maximum Gasteiger partial charge on any atom is 0.334 e. The Balaban J connectivity index is 1.96. The molecule has 0 aromatic heterocycles. The number of hydrogen-bond donors (Lipinski definition) is 0. The van der Waals surface area contributed by atoms with Crippen LogP contribution in [0.25, 0.3) is 0 Å². The number of hydrogen-bond acceptors (Lipinski definition) is 4. The summed E-state index contributed by atoms with van der Waals surface area (Å²) in [4.78, 5) is 23.2. The van der Waals surface area contributed by atoms with Gasteiger partial charge in [0.25, 0.3) is 0 Å². The highest BCUT2D eigenvalue weighted by Gasteiger charge is 2.51. The molecule has 3 aliphatic rings. The highest BCUT2D eigenvalue weighted by Crippen LogP contribution is 2.52. The van der Waals surface area contributed by atoms with Crippen molar-refractivity contribution in [3.63, 3.8) is 0 Å². The average molecular weight is 290 g/mol. The molecule has 4 nitrogen and oxygen atoms in total. The molecule has 0 aromatic rings. The van der Waals surface area contributed by atoms with Gasteiger partial charge in [-0.2, -0.15) is 0 Å². The van der Waals surface area contributed by atoms with E-state index in [1.165, 1.54) is 18.1 Å². The first kappa shape index (κ1) is 14.4. The van der Waals surface area contributed by atoms with Crippen molar-refractivity contribution >= 4 is 11.9 Å². The minimum atomic E-state index is -0.469. The first-order valence-electron chi connectivity index (χ1n) is 7.59. The van der Waals surface area contributed by atoms with Gasteiger partial charge in [0.1, 0.15) is 11.7 Å². The predicted molar refractivity (Wildman–Crippen MR) is 77.3 cm³/mol. The van der Waals surface area contributed by atoms with Crippen molar-refractivity contribution in [1.29, 1.82) is 0 Å². The van der Waals surface area contributed by atoms with Crippen molar-refractivity contribution in [3.05, 3.63) is 23.3 Å². The number of esters is 2. The van der Waals surface area contributed by atoms with E-state index in [0.717, 1.165) is 25.7 Å². The fraction of sp³-hybridized carbons (Fsp3) is 0.647. The van der Waals surface area contributed by atoms with E-state index >= 15 is 0 Å². The topological polar surface area (TPSA) is 52.6 Å². The second-order valence-corrected chi connectivity index (χ2v) is 6.78. The number of carbonyl (C=O) groups excluding carboxylic acids is 2. The predicted octanol–water partition coefficient (Wildman–Crippen LogP) is 2.93. The van der Waals surface area contributed by atoms with E-state index in [-0.39, 0.29) is 29.9 Å². The standard InChI is InChI=1S/C17H22O4/c1-9-7-15-13(10(2)16(19)20-15)8-14-12(9)5-6-17(14,4)21-11(3)18/h13-15H,2,5-8H2,1,3-4H3/t13-,14-,15-,17-/m1/s1. The van der Waals surface area contributed by atoms with Gasteiger partial charge in [0.05, 0.1) is 0 Å². The molecule has 1 saturated carbocycles. The normalized spacial score (nSPS) is 38.7. The number of carbonyl (C=O) groups is 2. The molecule has 4 heteroatoms. The molecule has 21 heavy (non-hydrogen) atoms. The van der Waals surface area contributed by atoms with Crippen molar-refractivity contribution in [3.8, 4) is 0 Å². The van der Waals surface area contributed by atoms with Gasteiger partial charge in [-0.25, -0.2) is 4.79 Å². The van der Waals surface area contributed by atoms with Gasteiger partial charge in [0.15, 0.2) is 0 Å². The molecule has 0 N–H and O–H groups in total. The quantitative estimate of drug-likeness (QED) is 0.423. The van der Waals surface area contributed by atoms with Gasteiger partial charge in [0.2, 0.25) is 0 Å². The molecule has 0 unspecified atom stereocenters. The van der Waals surface area contributed by atoms with Gasteiger partial charge in [-0.05, 0) is 33.1 Å². The summed E-state index contributed by atoms with van der Waals surface area (Å²) in [6.07, 6.45) is 3.27. The lowest BCUT2D eigenvalue weighted by Crippen LogP contribution is -2.36. The highest BCUT2D eigenvalue weighted by atomic mass is 16.6. The van der Waals surface area contributed by atoms with Gasteiger partial charge in [-0.3, -0.25) is 4.79 Å². The zero-order chi connectivity index (χ0) is 15.4. The minimum Gasteiger partial charge on any atom is -0.459 e. The Labute approximate surface area is 125 Å². The summed E-state index contributed by atoms with van der Waals surface area (Å²) in [6, 6.07) is 0. The summed E-state index contributed by atoms with van der Waals surface area (Å²) < 4.78 is 11.1. The number of ether oxygens (including phenoxy) is 2. The van der Waals surface area contributed by atoms with Crippen LogP contribution in [0.4, 0.5) is 0 Å². The summed E-state index contributed by atoms with van der Waals surface area (Å²) in [5, 5.41) is 0. The number of rotatable bonds is 1. The van der Waals surface area contributed by atoms with Crippen LogP contribution in [0.1, 0.15) is 46.5 Å².